The van der Waals surface area contributed by atoms with Gasteiger partial charge in [-0.15, -0.1) is 11.3 Å². The average molecular weight is 452 g/mol. The van der Waals surface area contributed by atoms with Gasteiger partial charge >= 0.3 is 6.03 Å². The highest BCUT2D eigenvalue weighted by atomic mass is 32.1. The van der Waals surface area contributed by atoms with Crippen LogP contribution in [0.3, 0.4) is 0 Å². The van der Waals surface area contributed by atoms with Gasteiger partial charge in [0.1, 0.15) is 15.5 Å². The summed E-state index contributed by atoms with van der Waals surface area (Å²) in [5, 5.41) is 10.0. The van der Waals surface area contributed by atoms with E-state index < -0.39 is 0 Å². The van der Waals surface area contributed by atoms with Crippen LogP contribution in [0.2, 0.25) is 0 Å². The number of nitrogens with one attached hydrogen (secondary N) is 3. The summed E-state index contributed by atoms with van der Waals surface area (Å²) in [4.78, 5) is 33.6. The number of aromatic nitrogens is 1. The Bertz CT molecular complexity index is 1220. The van der Waals surface area contributed by atoms with Gasteiger partial charge in [0.2, 0.25) is 0 Å². The van der Waals surface area contributed by atoms with Crippen molar-refractivity contribution in [2.24, 2.45) is 0 Å². The number of carbonyl (C=O) groups is 2. The lowest BCUT2D eigenvalue weighted by Crippen LogP contribution is -2.37. The van der Waals surface area contributed by atoms with Crippen LogP contribution in [0.5, 0.6) is 5.75 Å². The van der Waals surface area contributed by atoms with Crippen LogP contribution >= 0.6 is 11.3 Å². The molecule has 8 nitrogen and oxygen atoms in total. The van der Waals surface area contributed by atoms with Crippen LogP contribution in [0.15, 0.2) is 30.5 Å². The lowest BCUT2D eigenvalue weighted by atomic mass is 10.1. The first-order valence-corrected chi connectivity index (χ1v) is 11.6. The van der Waals surface area contributed by atoms with E-state index >= 15 is 0 Å². The molecule has 0 radical (unpaired) electrons. The number of amides is 3. The summed E-state index contributed by atoms with van der Waals surface area (Å²) in [5.74, 6) is 0.581. The van der Waals surface area contributed by atoms with Crippen molar-refractivity contribution < 1.29 is 14.3 Å². The van der Waals surface area contributed by atoms with Crippen LogP contribution in [-0.4, -0.2) is 42.2 Å². The molecule has 2 aliphatic rings. The summed E-state index contributed by atoms with van der Waals surface area (Å²) >= 11 is 1.30. The molecule has 0 saturated carbocycles. The van der Waals surface area contributed by atoms with Gasteiger partial charge < -0.3 is 20.7 Å². The number of anilines is 3. The summed E-state index contributed by atoms with van der Waals surface area (Å²) < 4.78 is 5.79. The Morgan fingerprint density at radius 1 is 1.31 bits per heavy atom. The van der Waals surface area contributed by atoms with Gasteiger partial charge in [0.05, 0.1) is 28.6 Å². The summed E-state index contributed by atoms with van der Waals surface area (Å²) in [6.45, 7) is 7.55. The van der Waals surface area contributed by atoms with Gasteiger partial charge in [-0.1, -0.05) is 0 Å². The summed E-state index contributed by atoms with van der Waals surface area (Å²) in [6, 6.07) is 7.29. The lowest BCUT2D eigenvalue weighted by Gasteiger charge is -2.29. The molecule has 2 aliphatic heterocycles. The highest BCUT2D eigenvalue weighted by Crippen LogP contribution is 2.46. The van der Waals surface area contributed by atoms with Gasteiger partial charge in [-0.2, -0.15) is 0 Å². The number of thiophene rings is 1. The van der Waals surface area contributed by atoms with E-state index in [1.165, 1.54) is 11.3 Å². The Labute approximate surface area is 190 Å². The fourth-order valence-electron chi connectivity index (χ4n) is 4.24. The molecule has 3 amide bonds. The molecule has 3 N–H and O–H groups in total. The number of rotatable bonds is 5. The van der Waals surface area contributed by atoms with Crippen LogP contribution in [0.1, 0.15) is 35.5 Å². The van der Waals surface area contributed by atoms with Gasteiger partial charge in [-0.25, -0.2) is 9.78 Å². The first-order valence-electron chi connectivity index (χ1n) is 10.7. The van der Waals surface area contributed by atoms with E-state index in [0.717, 1.165) is 46.7 Å². The van der Waals surface area contributed by atoms with Gasteiger partial charge in [-0.3, -0.25) is 9.69 Å². The second-order valence-corrected chi connectivity index (χ2v) is 9.36. The third-order valence-corrected chi connectivity index (χ3v) is 6.73. The highest BCUT2D eigenvalue weighted by molar-refractivity contribution is 7.21. The molecule has 9 heteroatoms. The molecule has 32 heavy (non-hydrogen) atoms. The maximum Gasteiger partial charge on any atom is 0.331 e. The van der Waals surface area contributed by atoms with Crippen molar-refractivity contribution in [3.05, 3.63) is 40.9 Å². The average Bonchev–Trinajstić information content (AvgIpc) is 3.37. The van der Waals surface area contributed by atoms with E-state index in [1.807, 2.05) is 45.0 Å². The molecular weight excluding hydrogens is 426 g/mol. The van der Waals surface area contributed by atoms with Gasteiger partial charge in [0, 0.05) is 18.8 Å². The fourth-order valence-corrected chi connectivity index (χ4v) is 5.26. The van der Waals surface area contributed by atoms with Gasteiger partial charge in [-0.05, 0) is 63.6 Å². The standard InChI is InChI=1S/C23H25N5O3S/c1-12(2)31-15-4-5-16(13(3)10-15)28-17-7-9-25-22-18(17)19(27-23(28)30)20(32-22)21(29)26-14-6-8-24-11-14/h4-5,7,9-10,12,14,24H,6,8,11H2,1-3H3,(H,26,29)(H,27,30)/t14-/m1/s1. The van der Waals surface area contributed by atoms with Crippen molar-refractivity contribution in [2.75, 3.05) is 23.3 Å². The van der Waals surface area contributed by atoms with Crippen LogP contribution in [0.4, 0.5) is 21.9 Å². The summed E-state index contributed by atoms with van der Waals surface area (Å²) in [6.07, 6.45) is 2.64. The molecule has 5 rings (SSSR count). The molecule has 0 aliphatic carbocycles. The quantitative estimate of drug-likeness (QED) is 0.541. The predicted molar refractivity (Wildman–Crippen MR) is 126 cm³/mol. The maximum atomic E-state index is 13.3. The highest BCUT2D eigenvalue weighted by Gasteiger charge is 2.33. The van der Waals surface area contributed by atoms with Crippen LogP contribution in [0, 0.1) is 6.92 Å². The zero-order chi connectivity index (χ0) is 22.4. The second kappa shape index (κ2) is 8.07. The van der Waals surface area contributed by atoms with E-state index in [-0.39, 0.29) is 24.1 Å². The molecule has 0 unspecified atom stereocenters. The first-order chi connectivity index (χ1) is 15.4. The van der Waals surface area contributed by atoms with E-state index in [9.17, 15) is 9.59 Å². The van der Waals surface area contributed by atoms with E-state index in [4.69, 9.17) is 4.74 Å². The van der Waals surface area contributed by atoms with Crippen molar-refractivity contribution in [3.8, 4) is 5.75 Å². The Hall–Kier alpha value is -3.17. The van der Waals surface area contributed by atoms with Crippen molar-refractivity contribution in [1.82, 2.24) is 15.6 Å². The third kappa shape index (κ3) is 3.57. The number of aryl methyl sites for hydroxylation is 1. The summed E-state index contributed by atoms with van der Waals surface area (Å²) in [7, 11) is 0. The van der Waals surface area contributed by atoms with Gasteiger partial charge in [0.15, 0.2) is 0 Å². The number of benzene rings is 1. The Morgan fingerprint density at radius 3 is 2.88 bits per heavy atom. The van der Waals surface area contributed by atoms with Crippen molar-refractivity contribution >= 4 is 50.6 Å². The molecular formula is C23H25N5O3S. The SMILES string of the molecule is Cc1cc(OC(C)C)ccc1N1C(=O)Nc2c(C(=O)N[C@@H]3CCNC3)sc3nccc1c23. The number of nitrogens with zero attached hydrogens (tertiary/aromatic N) is 2. The van der Waals surface area contributed by atoms with Crippen LogP contribution < -0.4 is 25.6 Å². The Kier molecular flexibility index (Phi) is 5.22. The van der Waals surface area contributed by atoms with Crippen molar-refractivity contribution in [2.45, 2.75) is 39.3 Å². The molecule has 3 aromatic rings. The number of pyridine rings is 1. The summed E-state index contributed by atoms with van der Waals surface area (Å²) in [5.41, 5.74) is 2.92. The van der Waals surface area contributed by atoms with Crippen molar-refractivity contribution in [1.29, 1.82) is 0 Å². The molecule has 1 fully saturated rings. The molecule has 2 aromatic heterocycles. The Balaban J connectivity index is 1.55. The molecule has 4 heterocycles. The van der Waals surface area contributed by atoms with E-state index in [2.05, 4.69) is 20.9 Å². The molecule has 0 bridgehead atoms. The number of urea groups is 1. The topological polar surface area (TPSA) is 95.6 Å². The van der Waals surface area contributed by atoms with E-state index in [1.54, 1.807) is 11.1 Å². The number of hydrogen-bond acceptors (Lipinski definition) is 6. The lowest BCUT2D eigenvalue weighted by molar-refractivity contribution is 0.0945. The van der Waals surface area contributed by atoms with Crippen LogP contribution in [-0.2, 0) is 0 Å². The largest absolute Gasteiger partial charge is 0.491 e. The minimum atomic E-state index is -0.305. The molecule has 1 aromatic carbocycles. The third-order valence-electron chi connectivity index (χ3n) is 5.63. The molecule has 0 spiro atoms. The molecule has 166 valence electrons. The minimum absolute atomic E-state index is 0.0660. The van der Waals surface area contributed by atoms with E-state index in [0.29, 0.717) is 16.3 Å². The van der Waals surface area contributed by atoms with Gasteiger partial charge in [0.25, 0.3) is 5.91 Å². The number of ether oxygens (including phenoxy) is 1. The predicted octanol–water partition coefficient (Wildman–Crippen LogP) is 4.17. The number of hydrogen-bond donors (Lipinski definition) is 3. The fraction of sp³-hybridized carbons (Fsp3) is 0.348. The smallest absolute Gasteiger partial charge is 0.331 e. The first kappa shape index (κ1) is 20.7. The zero-order valence-corrected chi connectivity index (χ0v) is 19.0. The monoisotopic (exact) mass is 451 g/mol. The maximum absolute atomic E-state index is 13.3. The minimum Gasteiger partial charge on any atom is -0.491 e. The Morgan fingerprint density at radius 2 is 2.16 bits per heavy atom. The molecule has 1 saturated heterocycles. The molecule has 1 atom stereocenters. The van der Waals surface area contributed by atoms with Crippen molar-refractivity contribution in [3.63, 3.8) is 0 Å². The second-order valence-electron chi connectivity index (χ2n) is 8.36. The normalized spacial score (nSPS) is 17.7. The zero-order valence-electron chi connectivity index (χ0n) is 18.2. The van der Waals surface area contributed by atoms with Crippen LogP contribution in [0.25, 0.3) is 10.2 Å². The number of carbonyl (C=O) groups excluding carboxylic acids is 2.